The number of carbonyl (C=O) groups is 1. The zero-order chi connectivity index (χ0) is 21.3. The predicted octanol–water partition coefficient (Wildman–Crippen LogP) is 6.22. The maximum atomic E-state index is 13.4. The Morgan fingerprint density at radius 3 is 2.57 bits per heavy atom. The first kappa shape index (κ1) is 19.4. The lowest BCUT2D eigenvalue weighted by molar-refractivity contribution is -0.120. The molecule has 1 aromatic heterocycles. The molecule has 0 unspecified atom stereocenters. The molecule has 158 valence electrons. The molecular weight excluding hydrogens is 370 g/mol. The topological polar surface area (TPSA) is 42.1 Å². The molecule has 5 rings (SSSR count). The van der Waals surface area contributed by atoms with Gasteiger partial charge in [-0.25, -0.2) is 0 Å². The van der Waals surface area contributed by atoms with Crippen molar-refractivity contribution < 1.29 is 11.0 Å². The summed E-state index contributed by atoms with van der Waals surface area (Å²) in [4.78, 5) is 16.9. The van der Waals surface area contributed by atoms with Crippen LogP contribution < -0.4 is 4.74 Å². The van der Waals surface area contributed by atoms with E-state index in [0.717, 1.165) is 29.7 Å². The molecule has 3 nitrogen and oxygen atoms in total. The van der Waals surface area contributed by atoms with Crippen LogP contribution in [0.15, 0.2) is 42.5 Å². The molecule has 30 heavy (non-hydrogen) atoms. The lowest BCUT2D eigenvalue weighted by Crippen LogP contribution is -2.23. The highest BCUT2D eigenvalue weighted by Gasteiger charge is 2.51. The minimum atomic E-state index is -0.308. The Labute approximate surface area is 180 Å². The van der Waals surface area contributed by atoms with Crippen molar-refractivity contribution >= 4 is 16.7 Å². The standard InChI is InChI=1S/C27H31NO2.H2/c1-25(2,3)23-14-18-12-17(6-8-21(18)28-23)13-24(29)27(10-11-27)19-7-9-22-20(15-19)26(4,5)16-30-22;/h6-9,12,14-15,28H,10-11,13,16H2,1-5H3;1H. The van der Waals surface area contributed by atoms with Crippen LogP contribution in [0.25, 0.3) is 10.9 Å². The van der Waals surface area contributed by atoms with Crippen LogP contribution in [-0.4, -0.2) is 17.4 Å². The van der Waals surface area contributed by atoms with Gasteiger partial charge in [0.15, 0.2) is 0 Å². The molecule has 1 saturated carbocycles. The summed E-state index contributed by atoms with van der Waals surface area (Å²) in [5.41, 5.74) is 5.65. The fourth-order valence-electron chi connectivity index (χ4n) is 4.72. The van der Waals surface area contributed by atoms with Crippen molar-refractivity contribution in [1.82, 2.24) is 4.98 Å². The summed E-state index contributed by atoms with van der Waals surface area (Å²) in [5.74, 6) is 1.31. The van der Waals surface area contributed by atoms with Crippen LogP contribution in [0, 0.1) is 0 Å². The molecule has 2 heterocycles. The van der Waals surface area contributed by atoms with Crippen molar-refractivity contribution in [1.29, 1.82) is 0 Å². The van der Waals surface area contributed by atoms with Crippen LogP contribution in [0.5, 0.6) is 5.75 Å². The van der Waals surface area contributed by atoms with Gasteiger partial charge in [0.05, 0.1) is 12.0 Å². The maximum absolute atomic E-state index is 13.4. The minimum Gasteiger partial charge on any atom is -0.492 e. The van der Waals surface area contributed by atoms with Crippen molar-refractivity contribution in [2.45, 2.75) is 70.1 Å². The van der Waals surface area contributed by atoms with E-state index in [4.69, 9.17) is 4.74 Å². The van der Waals surface area contributed by atoms with Gasteiger partial charge in [0.1, 0.15) is 11.5 Å². The van der Waals surface area contributed by atoms with E-state index in [0.29, 0.717) is 18.8 Å². The highest BCUT2D eigenvalue weighted by atomic mass is 16.5. The second-order valence-electron chi connectivity index (χ2n) is 10.9. The van der Waals surface area contributed by atoms with Crippen molar-refractivity contribution in [3.05, 3.63) is 64.8 Å². The maximum Gasteiger partial charge on any atom is 0.147 e. The van der Waals surface area contributed by atoms with E-state index >= 15 is 0 Å². The molecule has 3 aromatic rings. The summed E-state index contributed by atoms with van der Waals surface area (Å²) >= 11 is 0. The normalized spacial score (nSPS) is 18.8. The Hall–Kier alpha value is -2.55. The van der Waals surface area contributed by atoms with E-state index in [9.17, 15) is 4.79 Å². The number of benzene rings is 2. The van der Waals surface area contributed by atoms with Crippen LogP contribution in [0.1, 0.15) is 71.3 Å². The smallest absolute Gasteiger partial charge is 0.147 e. The Kier molecular flexibility index (Phi) is 4.03. The van der Waals surface area contributed by atoms with Crippen molar-refractivity contribution in [3.63, 3.8) is 0 Å². The van der Waals surface area contributed by atoms with E-state index < -0.39 is 0 Å². The number of H-pyrrole nitrogens is 1. The van der Waals surface area contributed by atoms with Gasteiger partial charge in [-0.3, -0.25) is 4.79 Å². The van der Waals surface area contributed by atoms with Gasteiger partial charge in [0.25, 0.3) is 0 Å². The third-order valence-electron chi connectivity index (χ3n) is 6.99. The number of ether oxygens (including phenoxy) is 1. The molecule has 0 radical (unpaired) electrons. The number of hydrogen-bond donors (Lipinski definition) is 1. The number of nitrogens with one attached hydrogen (secondary N) is 1. The van der Waals surface area contributed by atoms with E-state index in [1.165, 1.54) is 22.2 Å². The van der Waals surface area contributed by atoms with Crippen LogP contribution in [0.4, 0.5) is 0 Å². The lowest BCUT2D eigenvalue weighted by atomic mass is 9.82. The fraction of sp³-hybridized carbons (Fsp3) is 0.444. The van der Waals surface area contributed by atoms with E-state index in [-0.39, 0.29) is 17.7 Å². The van der Waals surface area contributed by atoms with Crippen molar-refractivity contribution in [3.8, 4) is 5.75 Å². The summed E-state index contributed by atoms with van der Waals surface area (Å²) < 4.78 is 5.84. The van der Waals surface area contributed by atoms with Gasteiger partial charge < -0.3 is 9.72 Å². The van der Waals surface area contributed by atoms with Gasteiger partial charge in [0, 0.05) is 35.5 Å². The summed E-state index contributed by atoms with van der Waals surface area (Å²) in [5, 5.41) is 1.19. The second-order valence-corrected chi connectivity index (χ2v) is 10.9. The Morgan fingerprint density at radius 1 is 1.10 bits per heavy atom. The summed E-state index contributed by atoms with van der Waals surface area (Å²) in [6.07, 6.45) is 2.39. The zero-order valence-corrected chi connectivity index (χ0v) is 18.7. The van der Waals surface area contributed by atoms with Crippen LogP contribution in [0.3, 0.4) is 0 Å². The van der Waals surface area contributed by atoms with Crippen LogP contribution >= 0.6 is 0 Å². The van der Waals surface area contributed by atoms with Gasteiger partial charge in [-0.1, -0.05) is 52.8 Å². The molecule has 0 amide bonds. The van der Waals surface area contributed by atoms with Gasteiger partial charge in [-0.05, 0) is 53.6 Å². The van der Waals surface area contributed by atoms with E-state index in [1.54, 1.807) is 0 Å². The Bertz CT molecular complexity index is 1160. The third-order valence-corrected chi connectivity index (χ3v) is 6.99. The number of hydrogen-bond acceptors (Lipinski definition) is 2. The first-order valence-corrected chi connectivity index (χ1v) is 11.0. The van der Waals surface area contributed by atoms with Crippen molar-refractivity contribution in [2.75, 3.05) is 6.61 Å². The summed E-state index contributed by atoms with van der Waals surface area (Å²) in [6.45, 7) is 11.8. The number of carbonyl (C=O) groups excluding carboxylic acids is 1. The first-order valence-electron chi connectivity index (χ1n) is 11.0. The Balaban J connectivity index is 0.00000231. The van der Waals surface area contributed by atoms with Crippen LogP contribution in [0.2, 0.25) is 0 Å². The van der Waals surface area contributed by atoms with Gasteiger partial charge in [0.2, 0.25) is 0 Å². The molecule has 0 spiro atoms. The second kappa shape index (κ2) is 6.23. The van der Waals surface area contributed by atoms with Gasteiger partial charge in [-0.15, -0.1) is 0 Å². The monoisotopic (exact) mass is 403 g/mol. The number of aromatic nitrogens is 1. The number of aromatic amines is 1. The molecule has 1 aliphatic heterocycles. The molecular formula is C27H33NO2. The highest BCUT2D eigenvalue weighted by Crippen LogP contribution is 2.52. The number of rotatable bonds is 4. The Morgan fingerprint density at radius 2 is 1.87 bits per heavy atom. The van der Waals surface area contributed by atoms with Crippen LogP contribution in [-0.2, 0) is 27.5 Å². The summed E-state index contributed by atoms with van der Waals surface area (Å²) in [7, 11) is 0. The van der Waals surface area contributed by atoms with Gasteiger partial charge in [-0.2, -0.15) is 0 Å². The molecule has 1 fully saturated rings. The average molecular weight is 404 g/mol. The molecule has 1 aliphatic carbocycles. The molecule has 3 heteroatoms. The number of fused-ring (bicyclic) bond motifs is 2. The van der Waals surface area contributed by atoms with Gasteiger partial charge >= 0.3 is 0 Å². The first-order chi connectivity index (χ1) is 14.1. The third kappa shape index (κ3) is 3.07. The minimum absolute atomic E-state index is 0. The highest BCUT2D eigenvalue weighted by molar-refractivity contribution is 5.95. The average Bonchev–Trinajstić information content (AvgIpc) is 3.29. The molecule has 0 bridgehead atoms. The molecule has 2 aromatic carbocycles. The van der Waals surface area contributed by atoms with E-state index in [2.05, 4.69) is 82.1 Å². The lowest BCUT2D eigenvalue weighted by Gasteiger charge is -2.19. The molecule has 2 aliphatic rings. The summed E-state index contributed by atoms with van der Waals surface area (Å²) in [6, 6.07) is 15.0. The molecule has 0 atom stereocenters. The predicted molar refractivity (Wildman–Crippen MR) is 124 cm³/mol. The zero-order valence-electron chi connectivity index (χ0n) is 18.7. The fourth-order valence-corrected chi connectivity index (χ4v) is 4.72. The molecule has 0 saturated heterocycles. The van der Waals surface area contributed by atoms with E-state index in [1.807, 2.05) is 0 Å². The quantitative estimate of drug-likeness (QED) is 0.561. The number of ketones is 1. The van der Waals surface area contributed by atoms with Crippen molar-refractivity contribution in [2.24, 2.45) is 0 Å². The molecule has 1 N–H and O–H groups in total. The SMILES string of the molecule is CC(C)(C)c1cc2cc(CC(=O)C3(c4ccc5c(c4)C(C)(C)CO5)CC3)ccc2[nH]1.[HH]. The largest absolute Gasteiger partial charge is 0.492 e. The number of Topliss-reactive ketones (excluding diaryl/α,β-unsaturated/α-hetero) is 1.